The van der Waals surface area contributed by atoms with Crippen LogP contribution in [0.2, 0.25) is 5.02 Å². The summed E-state index contributed by atoms with van der Waals surface area (Å²) in [4.78, 5) is 22.8. The van der Waals surface area contributed by atoms with E-state index in [4.69, 9.17) is 21.4 Å². The summed E-state index contributed by atoms with van der Waals surface area (Å²) in [6.07, 6.45) is -0.742. The number of hydrogen-bond donors (Lipinski definition) is 2. The summed E-state index contributed by atoms with van der Waals surface area (Å²) in [5.41, 5.74) is -0.788. The molecule has 0 fully saturated rings. The van der Waals surface area contributed by atoms with Gasteiger partial charge in [-0.3, -0.25) is 5.32 Å². The summed E-state index contributed by atoms with van der Waals surface area (Å²) >= 11 is 9.01. The largest absolute Gasteiger partial charge is 0.478 e. The van der Waals surface area contributed by atoms with Crippen molar-refractivity contribution in [1.82, 2.24) is 0 Å². The quantitative estimate of drug-likeness (QED) is 0.840. The molecule has 0 heterocycles. The second-order valence-electron chi connectivity index (χ2n) is 4.72. The van der Waals surface area contributed by atoms with Crippen molar-refractivity contribution in [3.05, 3.63) is 27.2 Å². The van der Waals surface area contributed by atoms with E-state index in [-0.39, 0.29) is 16.3 Å². The molecular weight excluding hydrogens is 337 g/mol. The number of rotatable bonds is 2. The highest BCUT2D eigenvalue weighted by molar-refractivity contribution is 9.10. The Kier molecular flexibility index (Phi) is 4.81. The lowest BCUT2D eigenvalue weighted by Gasteiger charge is -2.20. The van der Waals surface area contributed by atoms with Gasteiger partial charge in [0.05, 0.1) is 10.7 Å². The van der Waals surface area contributed by atoms with Crippen molar-refractivity contribution in [1.29, 1.82) is 0 Å². The van der Waals surface area contributed by atoms with Gasteiger partial charge in [-0.25, -0.2) is 9.59 Å². The van der Waals surface area contributed by atoms with E-state index >= 15 is 0 Å². The number of carboxylic acids is 1. The van der Waals surface area contributed by atoms with Crippen LogP contribution in [-0.4, -0.2) is 22.8 Å². The Morgan fingerprint density at radius 1 is 1.37 bits per heavy atom. The molecule has 0 saturated heterocycles. The number of halogens is 2. The molecule has 0 aliphatic heterocycles. The fourth-order valence-corrected chi connectivity index (χ4v) is 1.85. The van der Waals surface area contributed by atoms with Crippen LogP contribution in [0.1, 0.15) is 31.1 Å². The molecule has 0 saturated carbocycles. The highest BCUT2D eigenvalue weighted by atomic mass is 79.9. The molecule has 5 nitrogen and oxygen atoms in total. The monoisotopic (exact) mass is 349 g/mol. The molecule has 0 aliphatic carbocycles. The molecule has 0 unspecified atom stereocenters. The SMILES string of the molecule is CC(C)(C)OC(=O)Nc1ccc(Br)c(Cl)c1C(=O)O. The molecule has 1 aromatic carbocycles. The van der Waals surface area contributed by atoms with Crippen molar-refractivity contribution in [3.63, 3.8) is 0 Å². The number of aromatic carboxylic acids is 1. The van der Waals surface area contributed by atoms with E-state index in [2.05, 4.69) is 21.2 Å². The van der Waals surface area contributed by atoms with Gasteiger partial charge in [-0.15, -0.1) is 0 Å². The average Bonchev–Trinajstić information content (AvgIpc) is 2.20. The molecule has 1 aromatic rings. The number of carbonyl (C=O) groups is 2. The molecule has 7 heteroatoms. The molecule has 19 heavy (non-hydrogen) atoms. The predicted molar refractivity (Wildman–Crippen MR) is 76.0 cm³/mol. The first-order valence-corrected chi connectivity index (χ1v) is 6.50. The second kappa shape index (κ2) is 5.79. The van der Waals surface area contributed by atoms with E-state index in [1.807, 2.05) is 0 Å². The predicted octanol–water partition coefficient (Wildman–Crippen LogP) is 4.15. The van der Waals surface area contributed by atoms with Crippen LogP contribution < -0.4 is 5.32 Å². The average molecular weight is 351 g/mol. The normalized spacial score (nSPS) is 11.0. The van der Waals surface area contributed by atoms with E-state index in [9.17, 15) is 9.59 Å². The third kappa shape index (κ3) is 4.40. The van der Waals surface area contributed by atoms with Crippen LogP contribution in [0, 0.1) is 0 Å². The van der Waals surface area contributed by atoms with Crippen LogP contribution in [0.5, 0.6) is 0 Å². The van der Waals surface area contributed by atoms with Gasteiger partial charge in [0.2, 0.25) is 0 Å². The summed E-state index contributed by atoms with van der Waals surface area (Å²) in [5, 5.41) is 11.5. The highest BCUT2D eigenvalue weighted by Crippen LogP contribution is 2.32. The van der Waals surface area contributed by atoms with Gasteiger partial charge in [-0.05, 0) is 48.8 Å². The topological polar surface area (TPSA) is 75.6 Å². The van der Waals surface area contributed by atoms with E-state index < -0.39 is 17.7 Å². The Hall–Kier alpha value is -1.27. The summed E-state index contributed by atoms with van der Waals surface area (Å²) in [6.45, 7) is 5.12. The summed E-state index contributed by atoms with van der Waals surface area (Å²) in [6, 6.07) is 2.98. The number of nitrogens with one attached hydrogen (secondary N) is 1. The van der Waals surface area contributed by atoms with Crippen LogP contribution in [0.4, 0.5) is 10.5 Å². The van der Waals surface area contributed by atoms with Crippen molar-refractivity contribution in [2.75, 3.05) is 5.32 Å². The molecule has 0 spiro atoms. The van der Waals surface area contributed by atoms with E-state index in [0.29, 0.717) is 4.47 Å². The lowest BCUT2D eigenvalue weighted by atomic mass is 10.2. The first-order chi connectivity index (χ1) is 8.61. The van der Waals surface area contributed by atoms with Gasteiger partial charge < -0.3 is 9.84 Å². The molecule has 0 aromatic heterocycles. The van der Waals surface area contributed by atoms with Gasteiger partial charge in [0.25, 0.3) is 0 Å². The number of amides is 1. The maximum Gasteiger partial charge on any atom is 0.412 e. The molecule has 1 amide bonds. The maximum atomic E-state index is 11.6. The zero-order valence-corrected chi connectivity index (χ0v) is 12.9. The molecule has 0 aliphatic rings. The minimum absolute atomic E-state index is 0.0149. The van der Waals surface area contributed by atoms with Crippen molar-refractivity contribution in [2.24, 2.45) is 0 Å². The van der Waals surface area contributed by atoms with Crippen molar-refractivity contribution in [3.8, 4) is 0 Å². The van der Waals surface area contributed by atoms with Crippen LogP contribution in [-0.2, 0) is 4.74 Å². The molecular formula is C12H13BrClNO4. The van der Waals surface area contributed by atoms with Gasteiger partial charge in [-0.2, -0.15) is 0 Å². The van der Waals surface area contributed by atoms with Gasteiger partial charge in [0.15, 0.2) is 0 Å². The van der Waals surface area contributed by atoms with Crippen molar-refractivity contribution in [2.45, 2.75) is 26.4 Å². The maximum absolute atomic E-state index is 11.6. The molecule has 104 valence electrons. The Bertz CT molecular complexity index is 525. The third-order valence-corrected chi connectivity index (χ3v) is 3.23. The molecule has 0 radical (unpaired) electrons. The number of carbonyl (C=O) groups excluding carboxylic acids is 1. The van der Waals surface area contributed by atoms with Crippen molar-refractivity contribution < 1.29 is 19.4 Å². The standard InChI is InChI=1S/C12H13BrClNO4/c1-12(2,3)19-11(18)15-7-5-4-6(13)9(14)8(7)10(16)17/h4-5H,1-3H3,(H,15,18)(H,16,17). The molecule has 0 bridgehead atoms. The van der Waals surface area contributed by atoms with Gasteiger partial charge in [0, 0.05) is 4.47 Å². The fourth-order valence-electron chi connectivity index (χ4n) is 1.28. The number of hydrogen-bond acceptors (Lipinski definition) is 3. The zero-order chi connectivity index (χ0) is 14.8. The molecule has 1 rings (SSSR count). The first-order valence-electron chi connectivity index (χ1n) is 5.33. The Morgan fingerprint density at radius 3 is 2.42 bits per heavy atom. The molecule has 0 atom stereocenters. The zero-order valence-electron chi connectivity index (χ0n) is 10.6. The Morgan fingerprint density at radius 2 is 1.95 bits per heavy atom. The Balaban J connectivity index is 3.05. The number of ether oxygens (including phenoxy) is 1. The highest BCUT2D eigenvalue weighted by Gasteiger charge is 2.21. The van der Waals surface area contributed by atoms with Gasteiger partial charge >= 0.3 is 12.1 Å². The summed E-state index contributed by atoms with van der Waals surface area (Å²) < 4.78 is 5.48. The number of carboxylic acid groups (broad SMARTS) is 1. The second-order valence-corrected chi connectivity index (χ2v) is 5.95. The van der Waals surface area contributed by atoms with Crippen LogP contribution in [0.3, 0.4) is 0 Å². The lowest BCUT2D eigenvalue weighted by Crippen LogP contribution is -2.27. The van der Waals surface area contributed by atoms with E-state index in [1.54, 1.807) is 26.8 Å². The summed E-state index contributed by atoms with van der Waals surface area (Å²) in [5.74, 6) is -1.24. The lowest BCUT2D eigenvalue weighted by molar-refractivity contribution is 0.0636. The van der Waals surface area contributed by atoms with E-state index in [1.165, 1.54) is 6.07 Å². The minimum atomic E-state index is -1.24. The summed E-state index contributed by atoms with van der Waals surface area (Å²) in [7, 11) is 0. The Labute approximate surface area is 124 Å². The van der Waals surface area contributed by atoms with Crippen LogP contribution in [0.15, 0.2) is 16.6 Å². The van der Waals surface area contributed by atoms with Crippen LogP contribution >= 0.6 is 27.5 Å². The molecule has 2 N–H and O–H groups in total. The number of benzene rings is 1. The van der Waals surface area contributed by atoms with Gasteiger partial charge in [0.1, 0.15) is 11.2 Å². The number of anilines is 1. The smallest absolute Gasteiger partial charge is 0.412 e. The minimum Gasteiger partial charge on any atom is -0.478 e. The van der Waals surface area contributed by atoms with Crippen LogP contribution in [0.25, 0.3) is 0 Å². The third-order valence-electron chi connectivity index (χ3n) is 1.94. The first kappa shape index (κ1) is 15.8. The van der Waals surface area contributed by atoms with Gasteiger partial charge in [-0.1, -0.05) is 11.6 Å². The van der Waals surface area contributed by atoms with Crippen molar-refractivity contribution >= 4 is 45.3 Å². The van der Waals surface area contributed by atoms with E-state index in [0.717, 1.165) is 0 Å². The fraction of sp³-hybridized carbons (Fsp3) is 0.333.